The molecule has 0 heterocycles. The lowest BCUT2D eigenvalue weighted by Gasteiger charge is -2.27. The van der Waals surface area contributed by atoms with E-state index >= 15 is 0 Å². The van der Waals surface area contributed by atoms with Crippen LogP contribution in [0, 0.1) is 0 Å². The topological polar surface area (TPSA) is 63.4 Å². The van der Waals surface area contributed by atoms with Crippen LogP contribution in [0.5, 0.6) is 0 Å². The number of nitrogens with zero attached hydrogens (tertiary/aromatic N) is 1. The lowest BCUT2D eigenvalue weighted by molar-refractivity contribution is 0.219. The molecule has 1 unspecified atom stereocenters. The predicted molar refractivity (Wildman–Crippen MR) is 58.0 cm³/mol. The van der Waals surface area contributed by atoms with E-state index in [2.05, 4.69) is 4.90 Å². The minimum Gasteiger partial charge on any atom is -0.329 e. The second-order valence-corrected chi connectivity index (χ2v) is 6.38. The molecule has 0 amide bonds. The van der Waals surface area contributed by atoms with Gasteiger partial charge in [-0.3, -0.25) is 4.90 Å². The Labute approximate surface area is 86.4 Å². The Morgan fingerprint density at radius 2 is 2.07 bits per heavy atom. The molecular formula is C9H20N2O2S. The van der Waals surface area contributed by atoms with Gasteiger partial charge in [-0.15, -0.1) is 0 Å². The van der Waals surface area contributed by atoms with Crippen molar-refractivity contribution < 1.29 is 8.42 Å². The van der Waals surface area contributed by atoms with Crippen LogP contribution in [0.4, 0.5) is 0 Å². The molecule has 0 aromatic rings. The normalized spacial score (nSPS) is 20.0. The van der Waals surface area contributed by atoms with E-state index in [-0.39, 0.29) is 11.8 Å². The van der Waals surface area contributed by atoms with Gasteiger partial charge in [-0.25, -0.2) is 8.42 Å². The summed E-state index contributed by atoms with van der Waals surface area (Å²) in [6.45, 7) is 3.38. The second kappa shape index (κ2) is 4.59. The lowest BCUT2D eigenvalue weighted by atomic mass is 10.3. The van der Waals surface area contributed by atoms with Crippen molar-refractivity contribution in [3.05, 3.63) is 0 Å². The van der Waals surface area contributed by atoms with E-state index in [1.807, 2.05) is 6.92 Å². The molecule has 0 radical (unpaired) electrons. The van der Waals surface area contributed by atoms with Crippen molar-refractivity contribution in [2.75, 3.05) is 25.1 Å². The summed E-state index contributed by atoms with van der Waals surface area (Å²) in [5.74, 6) is 0.240. The maximum atomic E-state index is 11.1. The van der Waals surface area contributed by atoms with Crippen molar-refractivity contribution in [2.24, 2.45) is 5.73 Å². The van der Waals surface area contributed by atoms with Gasteiger partial charge in [0.25, 0.3) is 0 Å². The second-order valence-electron chi connectivity index (χ2n) is 4.20. The molecule has 0 saturated heterocycles. The Morgan fingerprint density at radius 3 is 2.43 bits per heavy atom. The first kappa shape index (κ1) is 11.9. The Bertz CT molecular complexity index is 273. The van der Waals surface area contributed by atoms with Crippen LogP contribution in [0.1, 0.15) is 19.8 Å². The molecule has 84 valence electrons. The molecule has 1 fully saturated rings. The Balaban J connectivity index is 2.50. The van der Waals surface area contributed by atoms with Crippen molar-refractivity contribution in [2.45, 2.75) is 31.8 Å². The molecule has 1 rings (SSSR count). The molecule has 2 N–H and O–H groups in total. The van der Waals surface area contributed by atoms with Crippen molar-refractivity contribution >= 4 is 9.84 Å². The molecule has 14 heavy (non-hydrogen) atoms. The maximum absolute atomic E-state index is 11.1. The molecule has 1 atom stereocenters. The highest BCUT2D eigenvalue weighted by molar-refractivity contribution is 7.90. The summed E-state index contributed by atoms with van der Waals surface area (Å²) in [5, 5.41) is 0. The van der Waals surface area contributed by atoms with Gasteiger partial charge in [-0.1, -0.05) is 0 Å². The van der Waals surface area contributed by atoms with Crippen LogP contribution in [0.2, 0.25) is 0 Å². The number of sulfone groups is 1. The van der Waals surface area contributed by atoms with Crippen LogP contribution in [0.25, 0.3) is 0 Å². The van der Waals surface area contributed by atoms with Crippen molar-refractivity contribution in [1.82, 2.24) is 4.90 Å². The van der Waals surface area contributed by atoms with Gasteiger partial charge in [-0.2, -0.15) is 0 Å². The monoisotopic (exact) mass is 220 g/mol. The largest absolute Gasteiger partial charge is 0.329 e. The van der Waals surface area contributed by atoms with Gasteiger partial charge in [0.1, 0.15) is 9.84 Å². The quantitative estimate of drug-likeness (QED) is 0.676. The highest BCUT2D eigenvalue weighted by Gasteiger charge is 2.32. The van der Waals surface area contributed by atoms with Gasteiger partial charge in [-0.05, 0) is 19.8 Å². The van der Waals surface area contributed by atoms with Crippen LogP contribution in [0.3, 0.4) is 0 Å². The summed E-state index contributed by atoms with van der Waals surface area (Å²) >= 11 is 0. The first-order valence-corrected chi connectivity index (χ1v) is 7.13. The van der Waals surface area contributed by atoms with Gasteiger partial charge >= 0.3 is 0 Å². The minimum atomic E-state index is -2.87. The van der Waals surface area contributed by atoms with Gasteiger partial charge in [0.2, 0.25) is 0 Å². The van der Waals surface area contributed by atoms with Gasteiger partial charge in [0.15, 0.2) is 0 Å². The average Bonchev–Trinajstić information content (AvgIpc) is 2.78. The number of hydrogen-bond donors (Lipinski definition) is 1. The van der Waals surface area contributed by atoms with Crippen molar-refractivity contribution in [3.63, 3.8) is 0 Å². The van der Waals surface area contributed by atoms with E-state index in [0.29, 0.717) is 12.6 Å². The molecule has 0 aromatic heterocycles. The molecule has 1 aliphatic rings. The van der Waals surface area contributed by atoms with Gasteiger partial charge < -0.3 is 5.73 Å². The maximum Gasteiger partial charge on any atom is 0.148 e. The zero-order chi connectivity index (χ0) is 10.8. The van der Waals surface area contributed by atoms with E-state index in [9.17, 15) is 8.42 Å². The van der Waals surface area contributed by atoms with Crippen molar-refractivity contribution in [3.8, 4) is 0 Å². The van der Waals surface area contributed by atoms with Crippen LogP contribution < -0.4 is 5.73 Å². The fraction of sp³-hybridized carbons (Fsp3) is 1.00. The fourth-order valence-electron chi connectivity index (χ4n) is 1.85. The lowest BCUT2D eigenvalue weighted by Crippen LogP contribution is -2.42. The van der Waals surface area contributed by atoms with Crippen LogP contribution in [-0.2, 0) is 9.84 Å². The van der Waals surface area contributed by atoms with Gasteiger partial charge in [0, 0.05) is 31.4 Å². The minimum absolute atomic E-state index is 0.0982. The third-order valence-electron chi connectivity index (χ3n) is 2.51. The highest BCUT2D eigenvalue weighted by Crippen LogP contribution is 2.28. The Morgan fingerprint density at radius 1 is 1.50 bits per heavy atom. The SMILES string of the molecule is CC(CS(C)(=O)=O)N(CCN)C1CC1. The number of nitrogens with two attached hydrogens (primary N) is 1. The highest BCUT2D eigenvalue weighted by atomic mass is 32.2. The fourth-order valence-corrected chi connectivity index (χ4v) is 2.92. The summed E-state index contributed by atoms with van der Waals surface area (Å²) in [5.41, 5.74) is 5.51. The molecule has 5 heteroatoms. The zero-order valence-electron chi connectivity index (χ0n) is 8.94. The van der Waals surface area contributed by atoms with Crippen LogP contribution >= 0.6 is 0 Å². The molecule has 0 aliphatic heterocycles. The van der Waals surface area contributed by atoms with E-state index in [4.69, 9.17) is 5.73 Å². The summed E-state index contributed by atoms with van der Waals surface area (Å²) in [6.07, 6.45) is 3.67. The number of rotatable bonds is 6. The third-order valence-corrected chi connectivity index (χ3v) is 3.60. The summed E-state index contributed by atoms with van der Waals surface area (Å²) in [7, 11) is -2.87. The van der Waals surface area contributed by atoms with E-state index in [1.54, 1.807) is 0 Å². The van der Waals surface area contributed by atoms with Crippen molar-refractivity contribution in [1.29, 1.82) is 0 Å². The van der Waals surface area contributed by atoms with E-state index in [1.165, 1.54) is 19.1 Å². The summed E-state index contributed by atoms with van der Waals surface area (Å²) in [6, 6.07) is 0.677. The van der Waals surface area contributed by atoms with Crippen LogP contribution in [-0.4, -0.2) is 50.5 Å². The molecule has 0 aromatic carbocycles. The molecule has 0 spiro atoms. The van der Waals surface area contributed by atoms with Crippen LogP contribution in [0.15, 0.2) is 0 Å². The smallest absolute Gasteiger partial charge is 0.148 e. The molecular weight excluding hydrogens is 200 g/mol. The van der Waals surface area contributed by atoms with Gasteiger partial charge in [0.05, 0.1) is 5.75 Å². The zero-order valence-corrected chi connectivity index (χ0v) is 9.76. The standard InChI is InChI=1S/C9H20N2O2S/c1-8(7-14(2,12)13)11(6-5-10)9-3-4-9/h8-9H,3-7,10H2,1-2H3. The average molecular weight is 220 g/mol. The summed E-state index contributed by atoms with van der Waals surface area (Å²) < 4.78 is 22.3. The summed E-state index contributed by atoms with van der Waals surface area (Å²) in [4.78, 5) is 2.22. The third kappa shape index (κ3) is 3.94. The van der Waals surface area contributed by atoms with E-state index in [0.717, 1.165) is 6.54 Å². The molecule has 4 nitrogen and oxygen atoms in total. The molecule has 1 saturated carbocycles. The predicted octanol–water partition coefficient (Wildman–Crippen LogP) is -0.157. The first-order chi connectivity index (χ1) is 6.44. The Kier molecular flexibility index (Phi) is 3.92. The molecule has 1 aliphatic carbocycles. The Hall–Kier alpha value is -0.130. The van der Waals surface area contributed by atoms with E-state index < -0.39 is 9.84 Å². The first-order valence-electron chi connectivity index (χ1n) is 5.07. The number of hydrogen-bond acceptors (Lipinski definition) is 4. The molecule has 0 bridgehead atoms.